The third kappa shape index (κ3) is 2.79. The van der Waals surface area contributed by atoms with E-state index in [1.165, 1.54) is 11.8 Å². The van der Waals surface area contributed by atoms with E-state index in [2.05, 4.69) is 5.32 Å². The Bertz CT molecular complexity index is 558. The topological polar surface area (TPSA) is 49.4 Å². The molecule has 0 radical (unpaired) electrons. The van der Waals surface area contributed by atoms with Crippen LogP contribution in [0.4, 0.5) is 5.69 Å². The van der Waals surface area contributed by atoms with Crippen LogP contribution < -0.4 is 5.32 Å². The summed E-state index contributed by atoms with van der Waals surface area (Å²) in [6, 6.07) is 5.42. The number of benzene rings is 1. The number of hydrogen-bond donors (Lipinski definition) is 1. The van der Waals surface area contributed by atoms with E-state index in [1.807, 2.05) is 11.0 Å². The van der Waals surface area contributed by atoms with Crippen molar-refractivity contribution in [2.75, 3.05) is 18.4 Å². The Morgan fingerprint density at radius 2 is 2.15 bits per heavy atom. The number of hydrogen-bond acceptors (Lipinski definition) is 3. The van der Waals surface area contributed by atoms with Crippen LogP contribution in [0.3, 0.4) is 0 Å². The van der Waals surface area contributed by atoms with Gasteiger partial charge in [0.25, 0.3) is 0 Å². The Hall–Kier alpha value is -1.20. The molecule has 1 fully saturated rings. The van der Waals surface area contributed by atoms with Gasteiger partial charge in [-0.1, -0.05) is 11.6 Å². The molecule has 0 bridgehead atoms. The summed E-state index contributed by atoms with van der Waals surface area (Å²) in [5.41, 5.74) is 0.734. The summed E-state index contributed by atoms with van der Waals surface area (Å²) in [4.78, 5) is 27.0. The molecule has 20 heavy (non-hydrogen) atoms. The largest absolute Gasteiger partial charge is 0.343 e. The van der Waals surface area contributed by atoms with E-state index in [9.17, 15) is 9.59 Å². The van der Waals surface area contributed by atoms with Crippen LogP contribution in [0.25, 0.3) is 0 Å². The molecule has 3 rings (SSSR count). The van der Waals surface area contributed by atoms with Crippen LogP contribution in [0.5, 0.6) is 0 Å². The van der Waals surface area contributed by atoms with Crippen molar-refractivity contribution in [3.05, 3.63) is 23.2 Å². The number of carbonyl (C=O) groups is 2. The second-order valence-electron chi connectivity index (χ2n) is 5.03. The molecule has 1 unspecified atom stereocenters. The highest BCUT2D eigenvalue weighted by Crippen LogP contribution is 2.38. The Labute approximate surface area is 126 Å². The van der Waals surface area contributed by atoms with Crippen LogP contribution in [-0.2, 0) is 9.59 Å². The van der Waals surface area contributed by atoms with Crippen molar-refractivity contribution in [2.24, 2.45) is 0 Å². The quantitative estimate of drug-likeness (QED) is 0.914. The van der Waals surface area contributed by atoms with Crippen molar-refractivity contribution >= 4 is 40.9 Å². The van der Waals surface area contributed by atoms with Gasteiger partial charge in [0.1, 0.15) is 0 Å². The third-order valence-corrected chi connectivity index (χ3v) is 5.09. The molecular weight excluding hydrogens is 296 g/mol. The molecule has 1 aromatic rings. The molecule has 2 aliphatic rings. The summed E-state index contributed by atoms with van der Waals surface area (Å²) in [5.74, 6) is -0.0372. The predicted octanol–water partition coefficient (Wildman–Crippen LogP) is 2.77. The highest BCUT2D eigenvalue weighted by molar-refractivity contribution is 8.01. The number of likely N-dealkylation sites (tertiary alicyclic amines) is 1. The fourth-order valence-electron chi connectivity index (χ4n) is 2.51. The Morgan fingerprint density at radius 1 is 1.40 bits per heavy atom. The molecule has 1 aromatic carbocycles. The fourth-order valence-corrected chi connectivity index (χ4v) is 3.77. The molecule has 106 valence electrons. The number of amides is 2. The minimum absolute atomic E-state index is 0.0764. The minimum atomic E-state index is -0.350. The van der Waals surface area contributed by atoms with E-state index in [-0.39, 0.29) is 23.5 Å². The molecule has 0 saturated carbocycles. The second kappa shape index (κ2) is 5.66. The first kappa shape index (κ1) is 13.8. The predicted molar refractivity (Wildman–Crippen MR) is 80.2 cm³/mol. The maximum absolute atomic E-state index is 12.1. The monoisotopic (exact) mass is 310 g/mol. The van der Waals surface area contributed by atoms with Crippen molar-refractivity contribution in [1.82, 2.24) is 4.90 Å². The zero-order chi connectivity index (χ0) is 14.1. The molecule has 4 nitrogen and oxygen atoms in total. The zero-order valence-corrected chi connectivity index (χ0v) is 12.5. The second-order valence-corrected chi connectivity index (χ2v) is 6.71. The number of nitrogens with zero attached hydrogens (tertiary/aromatic N) is 1. The van der Waals surface area contributed by atoms with Crippen molar-refractivity contribution in [3.8, 4) is 0 Å². The summed E-state index contributed by atoms with van der Waals surface area (Å²) in [5, 5.41) is 3.08. The van der Waals surface area contributed by atoms with Crippen molar-refractivity contribution in [2.45, 2.75) is 29.4 Å². The number of thioether (sulfide) groups is 1. The Balaban J connectivity index is 1.70. The van der Waals surface area contributed by atoms with Gasteiger partial charge >= 0.3 is 0 Å². The normalized spacial score (nSPS) is 21.6. The zero-order valence-electron chi connectivity index (χ0n) is 10.9. The summed E-state index contributed by atoms with van der Waals surface area (Å²) in [6.07, 6.45) is 2.40. The number of fused-ring (bicyclic) bond motifs is 1. The molecule has 2 aliphatic heterocycles. The lowest BCUT2D eigenvalue weighted by Crippen LogP contribution is -2.36. The fraction of sp³-hybridized carbons (Fsp3) is 0.429. The average Bonchev–Trinajstić information content (AvgIpc) is 2.94. The van der Waals surface area contributed by atoms with Gasteiger partial charge in [0.15, 0.2) is 0 Å². The van der Waals surface area contributed by atoms with Crippen LogP contribution in [0.1, 0.15) is 19.3 Å². The first-order valence-electron chi connectivity index (χ1n) is 6.68. The van der Waals surface area contributed by atoms with Gasteiger partial charge in [-0.25, -0.2) is 0 Å². The van der Waals surface area contributed by atoms with Gasteiger partial charge in [-0.2, -0.15) is 0 Å². The van der Waals surface area contributed by atoms with Gasteiger partial charge < -0.3 is 10.2 Å². The molecule has 2 heterocycles. The van der Waals surface area contributed by atoms with E-state index in [0.717, 1.165) is 36.5 Å². The van der Waals surface area contributed by atoms with Crippen molar-refractivity contribution in [1.29, 1.82) is 0 Å². The van der Waals surface area contributed by atoms with E-state index < -0.39 is 0 Å². The summed E-state index contributed by atoms with van der Waals surface area (Å²) < 4.78 is 0. The highest BCUT2D eigenvalue weighted by atomic mass is 35.5. The van der Waals surface area contributed by atoms with Gasteiger partial charge in [0.2, 0.25) is 11.8 Å². The third-order valence-electron chi connectivity index (χ3n) is 3.58. The van der Waals surface area contributed by atoms with E-state index in [0.29, 0.717) is 5.02 Å². The number of carbonyl (C=O) groups excluding carboxylic acids is 2. The van der Waals surface area contributed by atoms with Gasteiger partial charge in [0, 0.05) is 29.4 Å². The first-order valence-corrected chi connectivity index (χ1v) is 7.94. The summed E-state index contributed by atoms with van der Waals surface area (Å²) in [7, 11) is 0. The molecule has 6 heteroatoms. The first-order chi connectivity index (χ1) is 9.63. The lowest BCUT2D eigenvalue weighted by molar-refractivity contribution is -0.131. The van der Waals surface area contributed by atoms with Gasteiger partial charge in [-0.3, -0.25) is 9.59 Å². The van der Waals surface area contributed by atoms with Crippen LogP contribution in [0.2, 0.25) is 5.02 Å². The molecule has 1 N–H and O–H groups in total. The molecule has 0 aromatic heterocycles. The molecule has 0 spiro atoms. The highest BCUT2D eigenvalue weighted by Gasteiger charge is 2.31. The number of halogens is 1. The minimum Gasteiger partial charge on any atom is -0.343 e. The molecule has 0 aliphatic carbocycles. The van der Waals surface area contributed by atoms with Gasteiger partial charge in [0.05, 0.1) is 10.9 Å². The maximum Gasteiger partial charge on any atom is 0.238 e. The van der Waals surface area contributed by atoms with E-state index >= 15 is 0 Å². The van der Waals surface area contributed by atoms with Gasteiger partial charge in [-0.15, -0.1) is 11.8 Å². The van der Waals surface area contributed by atoms with Crippen LogP contribution in [0.15, 0.2) is 23.1 Å². The van der Waals surface area contributed by atoms with Gasteiger partial charge in [-0.05, 0) is 31.0 Å². The van der Waals surface area contributed by atoms with Crippen molar-refractivity contribution < 1.29 is 9.59 Å². The number of nitrogens with one attached hydrogen (secondary N) is 1. The van der Waals surface area contributed by atoms with Crippen molar-refractivity contribution in [3.63, 3.8) is 0 Å². The van der Waals surface area contributed by atoms with E-state index in [1.54, 1.807) is 12.1 Å². The number of rotatable bonds is 2. The maximum atomic E-state index is 12.1. The SMILES string of the molecule is O=C1Nc2cc(Cl)ccc2SC1CC(=O)N1CCCC1. The van der Waals surface area contributed by atoms with E-state index in [4.69, 9.17) is 11.6 Å². The van der Waals surface area contributed by atoms with Crippen LogP contribution in [0, 0.1) is 0 Å². The Kier molecular flexibility index (Phi) is 3.89. The van der Waals surface area contributed by atoms with Crippen LogP contribution >= 0.6 is 23.4 Å². The number of anilines is 1. The summed E-state index contributed by atoms with van der Waals surface area (Å²) >= 11 is 7.35. The lowest BCUT2D eigenvalue weighted by atomic mass is 10.2. The molecule has 1 saturated heterocycles. The molecular formula is C14H15ClN2O2S. The average molecular weight is 311 g/mol. The Morgan fingerprint density at radius 3 is 2.90 bits per heavy atom. The smallest absolute Gasteiger partial charge is 0.238 e. The molecule has 1 atom stereocenters. The summed E-state index contributed by atoms with van der Waals surface area (Å²) in [6.45, 7) is 1.65. The standard InChI is InChI=1S/C14H15ClN2O2S/c15-9-3-4-11-10(7-9)16-14(19)12(20-11)8-13(18)17-5-1-2-6-17/h3-4,7,12H,1-2,5-6,8H2,(H,16,19). The molecule has 2 amide bonds. The lowest BCUT2D eigenvalue weighted by Gasteiger charge is -2.25. The van der Waals surface area contributed by atoms with Crippen LogP contribution in [-0.4, -0.2) is 35.1 Å².